The molecule has 1 atom stereocenters. The molecule has 0 aliphatic carbocycles. The number of carbonyl (C=O) groups excluding carboxylic acids is 1. The van der Waals surface area contributed by atoms with Gasteiger partial charge in [-0.15, -0.1) is 0 Å². The fourth-order valence-electron chi connectivity index (χ4n) is 1.78. The number of benzene rings is 1. The highest BCUT2D eigenvalue weighted by Gasteiger charge is 2.29. The molecule has 3 nitrogen and oxygen atoms in total. The predicted octanol–water partition coefficient (Wildman–Crippen LogP) is 3.40. The summed E-state index contributed by atoms with van der Waals surface area (Å²) in [5, 5.41) is 4.02. The van der Waals surface area contributed by atoms with Crippen molar-refractivity contribution < 1.29 is 4.79 Å². The Morgan fingerprint density at radius 1 is 1.41 bits per heavy atom. The Kier molecular flexibility index (Phi) is 3.85. The molecule has 17 heavy (non-hydrogen) atoms. The smallest absolute Gasteiger partial charge is 0.244 e. The summed E-state index contributed by atoms with van der Waals surface area (Å²) in [6, 6.07) is 3.40. The molecule has 1 aromatic carbocycles. The Bertz CT molecular complexity index is 467. The number of carbonyl (C=O) groups is 1. The number of hydrogen-bond acceptors (Lipinski definition) is 2. The van der Waals surface area contributed by atoms with Crippen molar-refractivity contribution in [2.75, 3.05) is 18.9 Å². The van der Waals surface area contributed by atoms with E-state index in [0.29, 0.717) is 15.7 Å². The van der Waals surface area contributed by atoms with E-state index in [1.54, 1.807) is 18.0 Å². The second-order valence-corrected chi connectivity index (χ2v) is 5.58. The summed E-state index contributed by atoms with van der Waals surface area (Å²) in [4.78, 5) is 13.5. The van der Waals surface area contributed by atoms with E-state index >= 15 is 0 Å². The SMILES string of the molecule is CN1CCC(Nc2ccc(Br)c(Cl)c2Cl)C1=O. The zero-order valence-corrected chi connectivity index (χ0v) is 12.2. The predicted molar refractivity (Wildman–Crippen MR) is 73.8 cm³/mol. The lowest BCUT2D eigenvalue weighted by Gasteiger charge is -2.15. The molecule has 0 bridgehead atoms. The number of amides is 1. The molecule has 0 saturated carbocycles. The van der Waals surface area contributed by atoms with Gasteiger partial charge in [-0.1, -0.05) is 23.2 Å². The zero-order valence-electron chi connectivity index (χ0n) is 9.14. The number of hydrogen-bond donors (Lipinski definition) is 1. The standard InChI is InChI=1S/C11H11BrCl2N2O/c1-16-5-4-8(11(16)17)15-7-3-2-6(12)9(13)10(7)14/h2-3,8,15H,4-5H2,1H3. The van der Waals surface area contributed by atoms with E-state index < -0.39 is 0 Å². The van der Waals surface area contributed by atoms with Crippen molar-refractivity contribution in [1.82, 2.24) is 4.90 Å². The van der Waals surface area contributed by atoms with Crippen LogP contribution in [0.5, 0.6) is 0 Å². The Hall–Kier alpha value is -0.450. The lowest BCUT2D eigenvalue weighted by atomic mass is 10.2. The fraction of sp³-hybridized carbons (Fsp3) is 0.364. The van der Waals surface area contributed by atoms with Gasteiger partial charge >= 0.3 is 0 Å². The summed E-state index contributed by atoms with van der Waals surface area (Å²) < 4.78 is 0.740. The molecule has 0 radical (unpaired) electrons. The first-order valence-corrected chi connectivity index (χ1v) is 6.70. The molecule has 1 unspecified atom stereocenters. The Labute approximate surface area is 118 Å². The first-order valence-electron chi connectivity index (χ1n) is 5.15. The molecule has 1 amide bonds. The summed E-state index contributed by atoms with van der Waals surface area (Å²) in [5.74, 6) is 0.0834. The maximum absolute atomic E-state index is 11.8. The maximum Gasteiger partial charge on any atom is 0.244 e. The monoisotopic (exact) mass is 336 g/mol. The highest BCUT2D eigenvalue weighted by molar-refractivity contribution is 9.10. The van der Waals surface area contributed by atoms with Gasteiger partial charge in [0.1, 0.15) is 6.04 Å². The van der Waals surface area contributed by atoms with Gasteiger partial charge in [-0.25, -0.2) is 0 Å². The third kappa shape index (κ3) is 2.54. The van der Waals surface area contributed by atoms with Gasteiger partial charge < -0.3 is 10.2 Å². The summed E-state index contributed by atoms with van der Waals surface area (Å²) in [5.41, 5.74) is 0.688. The van der Waals surface area contributed by atoms with Gasteiger partial charge in [-0.3, -0.25) is 4.79 Å². The van der Waals surface area contributed by atoms with Crippen molar-refractivity contribution in [3.8, 4) is 0 Å². The highest BCUT2D eigenvalue weighted by Crippen LogP contribution is 2.36. The summed E-state index contributed by atoms with van der Waals surface area (Å²) in [6.07, 6.45) is 0.777. The van der Waals surface area contributed by atoms with Crippen molar-refractivity contribution >= 4 is 50.7 Å². The molecule has 1 aliphatic heterocycles. The largest absolute Gasteiger partial charge is 0.372 e. The Balaban J connectivity index is 2.20. The van der Waals surface area contributed by atoms with Crippen LogP contribution >= 0.6 is 39.1 Å². The van der Waals surface area contributed by atoms with Crippen LogP contribution in [0.2, 0.25) is 10.0 Å². The molecule has 2 rings (SSSR count). The zero-order chi connectivity index (χ0) is 12.6. The lowest BCUT2D eigenvalue weighted by molar-refractivity contribution is -0.127. The minimum Gasteiger partial charge on any atom is -0.372 e. The first kappa shape index (κ1) is 13.0. The average molecular weight is 338 g/mol. The lowest BCUT2D eigenvalue weighted by Crippen LogP contribution is -2.31. The summed E-state index contributed by atoms with van der Waals surface area (Å²) >= 11 is 15.4. The number of likely N-dealkylation sites (tertiary alicyclic amines) is 1. The van der Waals surface area contributed by atoms with Crippen LogP contribution in [-0.2, 0) is 4.79 Å². The second kappa shape index (κ2) is 5.04. The van der Waals surface area contributed by atoms with Gasteiger partial charge in [0.25, 0.3) is 0 Å². The van der Waals surface area contributed by atoms with Crippen LogP contribution in [0, 0.1) is 0 Å². The van der Waals surface area contributed by atoms with Crippen LogP contribution in [0.3, 0.4) is 0 Å². The molecule has 1 saturated heterocycles. The number of rotatable bonds is 2. The third-order valence-electron chi connectivity index (χ3n) is 2.79. The minimum absolute atomic E-state index is 0.0834. The van der Waals surface area contributed by atoms with Crippen molar-refractivity contribution in [1.29, 1.82) is 0 Å². The number of nitrogens with one attached hydrogen (secondary N) is 1. The van der Waals surface area contributed by atoms with Crippen LogP contribution < -0.4 is 5.32 Å². The van der Waals surface area contributed by atoms with Gasteiger partial charge in [0, 0.05) is 18.1 Å². The fourth-order valence-corrected chi connectivity index (χ4v) is 2.61. The molecule has 1 fully saturated rings. The quantitative estimate of drug-likeness (QED) is 0.839. The maximum atomic E-state index is 11.8. The molecule has 1 heterocycles. The van der Waals surface area contributed by atoms with Gasteiger partial charge in [-0.2, -0.15) is 0 Å². The van der Waals surface area contributed by atoms with E-state index in [9.17, 15) is 4.79 Å². The first-order chi connectivity index (χ1) is 8.00. The van der Waals surface area contributed by atoms with Gasteiger partial charge in [-0.05, 0) is 34.5 Å². The van der Waals surface area contributed by atoms with Crippen LogP contribution in [0.1, 0.15) is 6.42 Å². The topological polar surface area (TPSA) is 32.3 Å². The van der Waals surface area contributed by atoms with Crippen LogP contribution in [0.15, 0.2) is 16.6 Å². The Morgan fingerprint density at radius 3 is 2.71 bits per heavy atom. The molecular formula is C11H11BrCl2N2O. The highest BCUT2D eigenvalue weighted by atomic mass is 79.9. The molecule has 6 heteroatoms. The van der Waals surface area contributed by atoms with E-state index in [0.717, 1.165) is 17.4 Å². The van der Waals surface area contributed by atoms with Gasteiger partial charge in [0.2, 0.25) is 5.91 Å². The second-order valence-electron chi connectivity index (χ2n) is 3.97. The molecule has 1 N–H and O–H groups in total. The van der Waals surface area contributed by atoms with E-state index in [-0.39, 0.29) is 11.9 Å². The third-order valence-corrected chi connectivity index (χ3v) is 4.56. The minimum atomic E-state index is -0.213. The normalized spacial score (nSPS) is 19.9. The van der Waals surface area contributed by atoms with Crippen molar-refractivity contribution in [2.45, 2.75) is 12.5 Å². The van der Waals surface area contributed by atoms with Gasteiger partial charge in [0.15, 0.2) is 0 Å². The average Bonchev–Trinajstić information content (AvgIpc) is 2.62. The van der Waals surface area contributed by atoms with Crippen molar-refractivity contribution in [3.05, 3.63) is 26.7 Å². The van der Waals surface area contributed by atoms with Gasteiger partial charge in [0.05, 0.1) is 15.7 Å². The Morgan fingerprint density at radius 2 is 2.12 bits per heavy atom. The number of halogens is 3. The molecule has 0 spiro atoms. The summed E-state index contributed by atoms with van der Waals surface area (Å²) in [6.45, 7) is 0.762. The number of likely N-dealkylation sites (N-methyl/N-ethyl adjacent to an activating group) is 1. The van der Waals surface area contributed by atoms with E-state index in [1.165, 1.54) is 0 Å². The van der Waals surface area contributed by atoms with E-state index in [4.69, 9.17) is 23.2 Å². The van der Waals surface area contributed by atoms with Crippen molar-refractivity contribution in [2.24, 2.45) is 0 Å². The summed E-state index contributed by atoms with van der Waals surface area (Å²) in [7, 11) is 1.79. The van der Waals surface area contributed by atoms with Crippen LogP contribution in [0.4, 0.5) is 5.69 Å². The van der Waals surface area contributed by atoms with Crippen LogP contribution in [-0.4, -0.2) is 30.4 Å². The molecule has 92 valence electrons. The van der Waals surface area contributed by atoms with E-state index in [1.807, 2.05) is 6.07 Å². The number of nitrogens with zero attached hydrogens (tertiary/aromatic N) is 1. The van der Waals surface area contributed by atoms with E-state index in [2.05, 4.69) is 21.2 Å². The molecule has 1 aromatic rings. The molecule has 0 aromatic heterocycles. The van der Waals surface area contributed by atoms with Crippen molar-refractivity contribution in [3.63, 3.8) is 0 Å². The number of anilines is 1. The molecule has 1 aliphatic rings. The molecular weight excluding hydrogens is 327 g/mol. The van der Waals surface area contributed by atoms with Crippen LogP contribution in [0.25, 0.3) is 0 Å².